The maximum Gasteiger partial charge on any atom is 0.416 e. The van der Waals surface area contributed by atoms with E-state index in [0.29, 0.717) is 12.5 Å². The SMILES string of the molecule is FC(F)(F)c1ccc2c(c1)CN(c1cnccc1C1CC1)CC2. The summed E-state index contributed by atoms with van der Waals surface area (Å²) in [4.78, 5) is 6.39. The van der Waals surface area contributed by atoms with Crippen molar-refractivity contribution >= 4 is 5.69 Å². The highest BCUT2D eigenvalue weighted by molar-refractivity contribution is 5.56. The Labute approximate surface area is 133 Å². The molecule has 1 aliphatic carbocycles. The van der Waals surface area contributed by atoms with Crippen molar-refractivity contribution in [3.8, 4) is 0 Å². The van der Waals surface area contributed by atoms with E-state index in [1.54, 1.807) is 12.3 Å². The molecule has 1 aromatic carbocycles. The van der Waals surface area contributed by atoms with E-state index in [-0.39, 0.29) is 0 Å². The topological polar surface area (TPSA) is 16.1 Å². The average molecular weight is 318 g/mol. The Morgan fingerprint density at radius 3 is 2.65 bits per heavy atom. The zero-order valence-electron chi connectivity index (χ0n) is 12.6. The van der Waals surface area contributed by atoms with Crippen LogP contribution in [-0.2, 0) is 19.1 Å². The largest absolute Gasteiger partial charge is 0.416 e. The normalized spacial score (nSPS) is 18.0. The molecule has 1 aromatic heterocycles. The van der Waals surface area contributed by atoms with Crippen molar-refractivity contribution in [1.29, 1.82) is 0 Å². The molecule has 0 radical (unpaired) electrons. The Morgan fingerprint density at radius 1 is 1.09 bits per heavy atom. The molecule has 1 aliphatic heterocycles. The molecule has 2 nitrogen and oxygen atoms in total. The molecule has 1 saturated carbocycles. The molecular formula is C18H17F3N2. The van der Waals surface area contributed by atoms with Gasteiger partial charge in [-0.3, -0.25) is 4.98 Å². The van der Waals surface area contributed by atoms with E-state index in [2.05, 4.69) is 16.0 Å². The number of nitrogens with zero attached hydrogens (tertiary/aromatic N) is 2. The molecule has 120 valence electrons. The van der Waals surface area contributed by atoms with Crippen molar-refractivity contribution < 1.29 is 13.2 Å². The number of hydrogen-bond donors (Lipinski definition) is 0. The van der Waals surface area contributed by atoms with Crippen LogP contribution in [0, 0.1) is 0 Å². The van der Waals surface area contributed by atoms with Gasteiger partial charge in [-0.25, -0.2) is 0 Å². The van der Waals surface area contributed by atoms with Crippen molar-refractivity contribution in [3.63, 3.8) is 0 Å². The van der Waals surface area contributed by atoms with Gasteiger partial charge >= 0.3 is 6.18 Å². The first-order chi connectivity index (χ1) is 11.0. The van der Waals surface area contributed by atoms with Crippen LogP contribution >= 0.6 is 0 Å². The second-order valence-corrected chi connectivity index (χ2v) is 6.36. The molecule has 0 atom stereocenters. The molecule has 23 heavy (non-hydrogen) atoms. The van der Waals surface area contributed by atoms with Gasteiger partial charge in [0.1, 0.15) is 0 Å². The Bertz CT molecular complexity index is 735. The van der Waals surface area contributed by atoms with E-state index in [9.17, 15) is 13.2 Å². The first-order valence-corrected chi connectivity index (χ1v) is 7.90. The summed E-state index contributed by atoms with van der Waals surface area (Å²) in [5.74, 6) is 0.593. The lowest BCUT2D eigenvalue weighted by Gasteiger charge is -2.32. The molecular weight excluding hydrogens is 301 g/mol. The van der Waals surface area contributed by atoms with Gasteiger partial charge in [-0.05, 0) is 60.1 Å². The van der Waals surface area contributed by atoms with E-state index in [1.165, 1.54) is 30.5 Å². The standard InChI is InChI=1S/C18H17F3N2/c19-18(20,21)15-4-3-12-6-8-23(11-14(12)9-15)17-10-22-7-5-16(17)13-1-2-13/h3-5,7,9-10,13H,1-2,6,8,11H2. The highest BCUT2D eigenvalue weighted by Gasteiger charge is 2.32. The van der Waals surface area contributed by atoms with E-state index in [4.69, 9.17) is 0 Å². The third kappa shape index (κ3) is 2.80. The first-order valence-electron chi connectivity index (χ1n) is 7.90. The number of alkyl halides is 3. The van der Waals surface area contributed by atoms with Crippen LogP contribution in [0.4, 0.5) is 18.9 Å². The van der Waals surface area contributed by atoms with Gasteiger partial charge in [-0.2, -0.15) is 13.2 Å². The average Bonchev–Trinajstić information content (AvgIpc) is 3.38. The molecule has 4 rings (SSSR count). The van der Waals surface area contributed by atoms with E-state index in [1.807, 2.05) is 6.20 Å². The summed E-state index contributed by atoms with van der Waals surface area (Å²) in [7, 11) is 0. The Hall–Kier alpha value is -2.04. The Morgan fingerprint density at radius 2 is 1.91 bits per heavy atom. The molecule has 2 aromatic rings. The molecule has 1 fully saturated rings. The van der Waals surface area contributed by atoms with Crippen molar-refractivity contribution in [1.82, 2.24) is 4.98 Å². The number of anilines is 1. The lowest BCUT2D eigenvalue weighted by Crippen LogP contribution is -2.31. The summed E-state index contributed by atoms with van der Waals surface area (Å²) >= 11 is 0. The minimum absolute atomic E-state index is 0.519. The van der Waals surface area contributed by atoms with Crippen LogP contribution in [0.25, 0.3) is 0 Å². The smallest absolute Gasteiger partial charge is 0.365 e. The van der Waals surface area contributed by atoms with Crippen LogP contribution in [0.15, 0.2) is 36.7 Å². The predicted molar refractivity (Wildman–Crippen MR) is 82.4 cm³/mol. The number of halogens is 3. The number of fused-ring (bicyclic) bond motifs is 1. The van der Waals surface area contributed by atoms with Gasteiger partial charge in [0.2, 0.25) is 0 Å². The monoisotopic (exact) mass is 318 g/mol. The number of hydrogen-bond acceptors (Lipinski definition) is 2. The molecule has 0 saturated heterocycles. The summed E-state index contributed by atoms with van der Waals surface area (Å²) in [5, 5.41) is 0. The summed E-state index contributed by atoms with van der Waals surface area (Å²) in [5.41, 5.74) is 3.60. The summed E-state index contributed by atoms with van der Waals surface area (Å²) in [6.07, 6.45) is 2.53. The van der Waals surface area contributed by atoms with Crippen LogP contribution in [0.5, 0.6) is 0 Å². The predicted octanol–water partition coefficient (Wildman–Crippen LogP) is 4.54. The highest BCUT2D eigenvalue weighted by Crippen LogP contribution is 2.44. The van der Waals surface area contributed by atoms with E-state index < -0.39 is 11.7 Å². The van der Waals surface area contributed by atoms with Crippen LogP contribution in [0.2, 0.25) is 0 Å². The van der Waals surface area contributed by atoms with Crippen molar-refractivity contribution in [2.45, 2.75) is 37.9 Å². The van der Waals surface area contributed by atoms with Gasteiger partial charge in [0.05, 0.1) is 17.4 Å². The van der Waals surface area contributed by atoms with Gasteiger partial charge in [-0.15, -0.1) is 0 Å². The van der Waals surface area contributed by atoms with Gasteiger partial charge in [-0.1, -0.05) is 6.07 Å². The fraction of sp³-hybridized carbons (Fsp3) is 0.389. The fourth-order valence-corrected chi connectivity index (χ4v) is 3.34. The van der Waals surface area contributed by atoms with E-state index in [0.717, 1.165) is 29.8 Å². The number of rotatable bonds is 2. The molecule has 2 aliphatic rings. The second-order valence-electron chi connectivity index (χ2n) is 6.36. The van der Waals surface area contributed by atoms with Crippen molar-refractivity contribution in [2.75, 3.05) is 11.4 Å². The van der Waals surface area contributed by atoms with Gasteiger partial charge < -0.3 is 4.90 Å². The molecule has 5 heteroatoms. The molecule has 0 N–H and O–H groups in total. The lowest BCUT2D eigenvalue weighted by atomic mass is 9.96. The van der Waals surface area contributed by atoms with Crippen LogP contribution in [-0.4, -0.2) is 11.5 Å². The van der Waals surface area contributed by atoms with Crippen molar-refractivity contribution in [2.24, 2.45) is 0 Å². The minimum Gasteiger partial charge on any atom is -0.365 e. The molecule has 0 amide bonds. The Kier molecular flexibility index (Phi) is 3.32. The lowest BCUT2D eigenvalue weighted by molar-refractivity contribution is -0.137. The maximum absolute atomic E-state index is 12.9. The van der Waals surface area contributed by atoms with Crippen LogP contribution in [0.1, 0.15) is 41.0 Å². The fourth-order valence-electron chi connectivity index (χ4n) is 3.34. The van der Waals surface area contributed by atoms with Gasteiger partial charge in [0, 0.05) is 19.3 Å². The van der Waals surface area contributed by atoms with E-state index >= 15 is 0 Å². The zero-order chi connectivity index (χ0) is 16.0. The summed E-state index contributed by atoms with van der Waals surface area (Å²) < 4.78 is 38.8. The second kappa shape index (κ2) is 5.25. The molecule has 0 bridgehead atoms. The third-order valence-corrected chi connectivity index (χ3v) is 4.74. The Balaban J connectivity index is 1.66. The minimum atomic E-state index is -4.29. The zero-order valence-corrected chi connectivity index (χ0v) is 12.6. The first kappa shape index (κ1) is 14.5. The van der Waals surface area contributed by atoms with Gasteiger partial charge in [0.25, 0.3) is 0 Å². The van der Waals surface area contributed by atoms with Crippen LogP contribution in [0.3, 0.4) is 0 Å². The molecule has 0 unspecified atom stereocenters. The maximum atomic E-state index is 12.9. The van der Waals surface area contributed by atoms with Crippen LogP contribution < -0.4 is 4.90 Å². The third-order valence-electron chi connectivity index (χ3n) is 4.74. The number of pyridine rings is 1. The quantitative estimate of drug-likeness (QED) is 0.808. The van der Waals surface area contributed by atoms with Crippen molar-refractivity contribution in [3.05, 3.63) is 58.9 Å². The highest BCUT2D eigenvalue weighted by atomic mass is 19.4. The number of benzene rings is 1. The van der Waals surface area contributed by atoms with Gasteiger partial charge in [0.15, 0.2) is 0 Å². The molecule has 0 spiro atoms. The summed E-state index contributed by atoms with van der Waals surface area (Å²) in [6.45, 7) is 1.34. The molecule has 2 heterocycles. The number of aromatic nitrogens is 1. The summed E-state index contributed by atoms with van der Waals surface area (Å²) in [6, 6.07) is 6.16.